The van der Waals surface area contributed by atoms with E-state index in [0.29, 0.717) is 11.4 Å². The van der Waals surface area contributed by atoms with Crippen LogP contribution in [0.5, 0.6) is 0 Å². The molecule has 2 aromatic carbocycles. The summed E-state index contributed by atoms with van der Waals surface area (Å²) in [4.78, 5) is 15.3. The molecule has 0 amide bonds. The van der Waals surface area contributed by atoms with Crippen LogP contribution in [0.1, 0.15) is 36.8 Å². The number of Topliss-reactive ketones (excluding diaryl/α,β-unsaturated/α-hetero) is 1. The van der Waals surface area contributed by atoms with Gasteiger partial charge in [-0.3, -0.25) is 4.79 Å². The van der Waals surface area contributed by atoms with Crippen molar-refractivity contribution >= 4 is 41.4 Å². The molecule has 0 spiro atoms. The molecule has 138 valence electrons. The largest absolute Gasteiger partial charge is 0.303 e. The van der Waals surface area contributed by atoms with Crippen LogP contribution in [0.25, 0.3) is 11.6 Å². The molecular formula is C22H25Cl2NO. The molecule has 0 saturated carbocycles. The number of hydrogen-bond donors (Lipinski definition) is 0. The average Bonchev–Trinajstić information content (AvgIpc) is 2.67. The Kier molecular flexibility index (Phi) is 8.37. The van der Waals surface area contributed by atoms with Gasteiger partial charge < -0.3 is 4.90 Å². The predicted octanol–water partition coefficient (Wildman–Crippen LogP) is 5.75. The molecule has 1 aliphatic heterocycles. The Morgan fingerprint density at radius 3 is 2.27 bits per heavy atom. The number of piperidine rings is 1. The lowest BCUT2D eigenvalue weighted by molar-refractivity contribution is -0.114. The van der Waals surface area contributed by atoms with Crippen LogP contribution in [0.4, 0.5) is 0 Å². The number of rotatable bonds is 6. The van der Waals surface area contributed by atoms with Crippen LogP contribution in [0.2, 0.25) is 5.02 Å². The number of ketones is 1. The van der Waals surface area contributed by atoms with E-state index in [2.05, 4.69) is 4.90 Å². The van der Waals surface area contributed by atoms with Crippen molar-refractivity contribution in [2.75, 3.05) is 19.6 Å². The normalized spacial score (nSPS) is 15.3. The van der Waals surface area contributed by atoms with Crippen LogP contribution in [-0.4, -0.2) is 30.3 Å². The van der Waals surface area contributed by atoms with Crippen molar-refractivity contribution in [1.82, 2.24) is 4.90 Å². The van der Waals surface area contributed by atoms with Gasteiger partial charge in [-0.2, -0.15) is 0 Å². The van der Waals surface area contributed by atoms with E-state index in [1.807, 2.05) is 60.7 Å². The maximum Gasteiger partial charge on any atom is 0.164 e. The zero-order valence-electron chi connectivity index (χ0n) is 14.9. The van der Waals surface area contributed by atoms with Crippen molar-refractivity contribution in [2.45, 2.75) is 25.7 Å². The first kappa shape index (κ1) is 20.7. The molecule has 2 aromatic rings. The van der Waals surface area contributed by atoms with E-state index in [1.165, 1.54) is 19.3 Å². The van der Waals surface area contributed by atoms with E-state index in [0.717, 1.165) is 36.3 Å². The summed E-state index contributed by atoms with van der Waals surface area (Å²) in [7, 11) is 0. The van der Waals surface area contributed by atoms with Gasteiger partial charge in [-0.15, -0.1) is 12.4 Å². The highest BCUT2D eigenvalue weighted by Crippen LogP contribution is 2.22. The van der Waals surface area contributed by atoms with Gasteiger partial charge in [0.15, 0.2) is 5.78 Å². The monoisotopic (exact) mass is 389 g/mol. The second kappa shape index (κ2) is 10.5. The van der Waals surface area contributed by atoms with Gasteiger partial charge in [-0.05, 0) is 55.3 Å². The van der Waals surface area contributed by atoms with E-state index < -0.39 is 0 Å². The second-order valence-electron chi connectivity index (χ2n) is 6.55. The van der Waals surface area contributed by atoms with Gasteiger partial charge in [0.1, 0.15) is 0 Å². The molecule has 4 heteroatoms. The fourth-order valence-electron chi connectivity index (χ4n) is 3.25. The molecule has 0 N–H and O–H groups in total. The van der Waals surface area contributed by atoms with Gasteiger partial charge in [0.05, 0.1) is 0 Å². The zero-order valence-corrected chi connectivity index (χ0v) is 16.4. The molecule has 0 aliphatic carbocycles. The first-order chi connectivity index (χ1) is 12.2. The number of nitrogens with zero attached hydrogens (tertiary/aromatic N) is 1. The van der Waals surface area contributed by atoms with Crippen molar-refractivity contribution in [3.05, 3.63) is 70.7 Å². The molecule has 1 aliphatic rings. The standard InChI is InChI=1S/C22H24ClNO.ClH/c23-20-11-9-18(10-12-20)17-21(19-7-3-1-4-8-19)22(25)13-16-24-14-5-2-6-15-24;/h1,3-4,7-12,17H,2,5-6,13-16H2;1H. The highest BCUT2D eigenvalue weighted by atomic mass is 35.5. The lowest BCUT2D eigenvalue weighted by atomic mass is 9.97. The van der Waals surface area contributed by atoms with Crippen molar-refractivity contribution in [2.24, 2.45) is 0 Å². The van der Waals surface area contributed by atoms with Crippen LogP contribution in [0.15, 0.2) is 54.6 Å². The molecule has 0 aromatic heterocycles. The van der Waals surface area contributed by atoms with E-state index >= 15 is 0 Å². The fourth-order valence-corrected chi connectivity index (χ4v) is 3.37. The molecule has 0 unspecified atom stereocenters. The van der Waals surface area contributed by atoms with Crippen molar-refractivity contribution in [3.63, 3.8) is 0 Å². The number of carbonyl (C=O) groups is 1. The molecule has 0 bridgehead atoms. The van der Waals surface area contributed by atoms with Gasteiger partial charge in [0.2, 0.25) is 0 Å². The number of hydrogen-bond acceptors (Lipinski definition) is 2. The molecule has 2 nitrogen and oxygen atoms in total. The third-order valence-electron chi connectivity index (χ3n) is 4.67. The Labute approximate surface area is 167 Å². The van der Waals surface area contributed by atoms with Gasteiger partial charge in [-0.1, -0.05) is 60.5 Å². The van der Waals surface area contributed by atoms with Gasteiger partial charge in [0, 0.05) is 23.6 Å². The van der Waals surface area contributed by atoms with Gasteiger partial charge >= 0.3 is 0 Å². The minimum atomic E-state index is 0. The van der Waals surface area contributed by atoms with E-state index in [1.54, 1.807) is 0 Å². The third-order valence-corrected chi connectivity index (χ3v) is 4.92. The Morgan fingerprint density at radius 2 is 1.62 bits per heavy atom. The average molecular weight is 390 g/mol. The molecule has 1 heterocycles. The van der Waals surface area contributed by atoms with Gasteiger partial charge in [0.25, 0.3) is 0 Å². The first-order valence-corrected chi connectivity index (χ1v) is 9.38. The summed E-state index contributed by atoms with van der Waals surface area (Å²) >= 11 is 5.97. The molecule has 26 heavy (non-hydrogen) atoms. The highest BCUT2D eigenvalue weighted by molar-refractivity contribution is 6.30. The summed E-state index contributed by atoms with van der Waals surface area (Å²) < 4.78 is 0. The molecular weight excluding hydrogens is 365 g/mol. The van der Waals surface area contributed by atoms with Crippen molar-refractivity contribution in [1.29, 1.82) is 0 Å². The highest BCUT2D eigenvalue weighted by Gasteiger charge is 2.15. The maximum atomic E-state index is 12.9. The van der Waals surface area contributed by atoms with Crippen LogP contribution < -0.4 is 0 Å². The smallest absolute Gasteiger partial charge is 0.164 e. The quantitative estimate of drug-likeness (QED) is 0.463. The van der Waals surface area contributed by atoms with Gasteiger partial charge in [-0.25, -0.2) is 0 Å². The number of allylic oxidation sites excluding steroid dienone is 1. The second-order valence-corrected chi connectivity index (χ2v) is 6.99. The molecule has 3 rings (SSSR count). The fraction of sp³-hybridized carbons (Fsp3) is 0.318. The molecule has 1 fully saturated rings. The Balaban J connectivity index is 0.00000243. The summed E-state index contributed by atoms with van der Waals surface area (Å²) in [5.74, 6) is 0.201. The number of carbonyl (C=O) groups excluding carboxylic acids is 1. The Hall–Kier alpha value is -1.61. The number of likely N-dealkylation sites (tertiary alicyclic amines) is 1. The summed E-state index contributed by atoms with van der Waals surface area (Å²) in [6.45, 7) is 3.09. The lowest BCUT2D eigenvalue weighted by Crippen LogP contribution is -2.31. The summed E-state index contributed by atoms with van der Waals surface area (Å²) in [6.07, 6.45) is 6.36. The van der Waals surface area contributed by atoms with Crippen molar-refractivity contribution in [3.8, 4) is 0 Å². The van der Waals surface area contributed by atoms with Crippen molar-refractivity contribution < 1.29 is 4.79 Å². The molecule has 1 saturated heterocycles. The van der Waals surface area contributed by atoms with E-state index in [-0.39, 0.29) is 18.2 Å². The third kappa shape index (κ3) is 5.98. The van der Waals surface area contributed by atoms with E-state index in [4.69, 9.17) is 11.6 Å². The van der Waals surface area contributed by atoms with Crippen LogP contribution in [-0.2, 0) is 4.79 Å². The molecule has 0 atom stereocenters. The number of benzene rings is 2. The zero-order chi connectivity index (χ0) is 17.5. The van der Waals surface area contributed by atoms with Crippen LogP contribution in [0.3, 0.4) is 0 Å². The SMILES string of the molecule is Cl.O=C(CCN1CCCCC1)C(=Cc1ccc(Cl)cc1)c1ccccc1. The van der Waals surface area contributed by atoms with E-state index in [9.17, 15) is 4.79 Å². The Morgan fingerprint density at radius 1 is 0.962 bits per heavy atom. The van der Waals surface area contributed by atoms with Crippen LogP contribution in [0, 0.1) is 0 Å². The summed E-state index contributed by atoms with van der Waals surface area (Å²) in [5, 5.41) is 0.704. The predicted molar refractivity (Wildman–Crippen MR) is 113 cm³/mol. The van der Waals surface area contributed by atoms with Crippen LogP contribution >= 0.6 is 24.0 Å². The Bertz CT molecular complexity index is 720. The minimum absolute atomic E-state index is 0. The first-order valence-electron chi connectivity index (χ1n) is 9.00. The molecule has 0 radical (unpaired) electrons. The summed E-state index contributed by atoms with van der Waals surface area (Å²) in [5.41, 5.74) is 2.75. The topological polar surface area (TPSA) is 20.3 Å². The minimum Gasteiger partial charge on any atom is -0.303 e. The lowest BCUT2D eigenvalue weighted by Gasteiger charge is -2.26. The maximum absolute atomic E-state index is 12.9. The number of halogens is 2. The summed E-state index contributed by atoms with van der Waals surface area (Å²) in [6, 6.07) is 17.5.